The molecule has 0 aromatic heterocycles. The zero-order valence-electron chi connectivity index (χ0n) is 12.0. The molecule has 0 fully saturated rings. The molecule has 0 aliphatic rings. The molecule has 0 saturated heterocycles. The van der Waals surface area contributed by atoms with Crippen LogP contribution in [-0.4, -0.2) is 39.7 Å². The smallest absolute Gasteiger partial charge is 0.337 e. The van der Waals surface area contributed by atoms with Crippen LogP contribution in [0.1, 0.15) is 22.8 Å². The van der Waals surface area contributed by atoms with E-state index >= 15 is 0 Å². The van der Waals surface area contributed by atoms with Crippen LogP contribution in [0, 0.1) is 0 Å². The molecule has 0 saturated carbocycles. The normalized spacial score (nSPS) is 11.1. The van der Waals surface area contributed by atoms with Crippen molar-refractivity contribution >= 4 is 28.2 Å². The highest BCUT2D eigenvalue weighted by molar-refractivity contribution is 7.90. The lowest BCUT2D eigenvalue weighted by Crippen LogP contribution is -2.31. The lowest BCUT2D eigenvalue weighted by molar-refractivity contribution is 0.0954. The van der Waals surface area contributed by atoms with Crippen molar-refractivity contribution in [1.29, 1.82) is 0 Å². The Morgan fingerprint density at radius 2 is 1.77 bits per heavy atom. The monoisotopic (exact) mass is 356 g/mol. The number of hydrogen-bond acceptors (Lipinski definition) is 4. The molecule has 1 aromatic rings. The first-order valence-electron chi connectivity index (χ1n) is 6.44. The zero-order valence-corrected chi connectivity index (χ0v) is 13.6. The number of nitrogens with one attached hydrogen (secondary N) is 2. The number of halogens is 3. The average molecular weight is 357 g/mol. The summed E-state index contributed by atoms with van der Waals surface area (Å²) in [6.45, 7) is 3.87. The first-order chi connectivity index (χ1) is 9.86. The van der Waals surface area contributed by atoms with E-state index in [-0.39, 0.29) is 23.9 Å². The van der Waals surface area contributed by atoms with Gasteiger partial charge in [0.15, 0.2) is 0 Å². The highest BCUT2D eigenvalue weighted by atomic mass is 35.5. The second kappa shape index (κ2) is 9.70. The van der Waals surface area contributed by atoms with E-state index in [1.807, 2.05) is 6.92 Å². The van der Waals surface area contributed by atoms with Crippen LogP contribution in [0.25, 0.3) is 0 Å². The van der Waals surface area contributed by atoms with Crippen molar-refractivity contribution in [2.45, 2.75) is 18.4 Å². The number of likely N-dealkylation sites (N-methyl/N-ethyl adjacent to an activating group) is 1. The van der Waals surface area contributed by atoms with Crippen LogP contribution in [-0.2, 0) is 15.6 Å². The Bertz CT molecular complexity index is 565. The molecule has 0 bridgehead atoms. The summed E-state index contributed by atoms with van der Waals surface area (Å²) in [4.78, 5) is 11.7. The van der Waals surface area contributed by atoms with Gasteiger partial charge in [-0.3, -0.25) is 4.79 Å². The molecule has 2 N–H and O–H groups in total. The van der Waals surface area contributed by atoms with Crippen molar-refractivity contribution < 1.29 is 22.0 Å². The van der Waals surface area contributed by atoms with Gasteiger partial charge in [-0.25, -0.2) is 8.42 Å². The van der Waals surface area contributed by atoms with E-state index in [1.54, 1.807) is 0 Å². The Kier molecular flexibility index (Phi) is 9.15. The second-order valence-corrected chi connectivity index (χ2v) is 6.34. The Morgan fingerprint density at radius 3 is 2.27 bits per heavy atom. The van der Waals surface area contributed by atoms with E-state index in [0.29, 0.717) is 18.7 Å². The van der Waals surface area contributed by atoms with Crippen LogP contribution < -0.4 is 10.6 Å². The molecule has 1 rings (SSSR count). The van der Waals surface area contributed by atoms with Gasteiger partial charge in [0.1, 0.15) is 0 Å². The number of benzene rings is 1. The number of rotatable bonds is 8. The highest BCUT2D eigenvalue weighted by Crippen LogP contribution is 2.14. The van der Waals surface area contributed by atoms with E-state index in [9.17, 15) is 22.0 Å². The SMILES string of the molecule is CCNCCNC(=O)c1ccc(CS(=O)(=O)C(F)F)cc1.Cl. The summed E-state index contributed by atoms with van der Waals surface area (Å²) in [7, 11) is -4.45. The molecule has 0 unspecified atom stereocenters. The van der Waals surface area contributed by atoms with Crippen LogP contribution >= 0.6 is 12.4 Å². The second-order valence-electron chi connectivity index (χ2n) is 4.37. The third-order valence-electron chi connectivity index (χ3n) is 2.69. The fourth-order valence-electron chi connectivity index (χ4n) is 1.59. The Hall–Kier alpha value is -1.25. The summed E-state index contributed by atoms with van der Waals surface area (Å²) in [5.74, 6) is -4.44. The van der Waals surface area contributed by atoms with E-state index in [4.69, 9.17) is 0 Å². The van der Waals surface area contributed by atoms with Crippen LogP contribution in [0.4, 0.5) is 8.78 Å². The van der Waals surface area contributed by atoms with E-state index in [1.165, 1.54) is 24.3 Å². The largest absolute Gasteiger partial charge is 0.351 e. The van der Waals surface area contributed by atoms with Crippen molar-refractivity contribution in [3.8, 4) is 0 Å². The Balaban J connectivity index is 0.00000441. The number of carbonyl (C=O) groups excluding carboxylic acids is 1. The van der Waals surface area contributed by atoms with Crippen LogP contribution in [0.3, 0.4) is 0 Å². The number of hydrogen-bond donors (Lipinski definition) is 2. The standard InChI is InChI=1S/C13H18F2N2O3S.ClH/c1-2-16-7-8-17-12(18)11-5-3-10(4-6-11)9-21(19,20)13(14)15;/h3-6,13,16H,2,7-9H2,1H3,(H,17,18);1H. The van der Waals surface area contributed by atoms with Crippen molar-refractivity contribution in [3.63, 3.8) is 0 Å². The summed E-state index contributed by atoms with van der Waals surface area (Å²) >= 11 is 0. The molecule has 1 aromatic carbocycles. The van der Waals surface area contributed by atoms with Gasteiger partial charge in [-0.05, 0) is 24.2 Å². The lowest BCUT2D eigenvalue weighted by Gasteiger charge is -2.07. The number of amides is 1. The average Bonchev–Trinajstić information content (AvgIpc) is 2.43. The van der Waals surface area contributed by atoms with E-state index in [0.717, 1.165) is 6.54 Å². The first kappa shape index (κ1) is 20.8. The molecule has 0 radical (unpaired) electrons. The molecule has 0 atom stereocenters. The fraction of sp³-hybridized carbons (Fsp3) is 0.462. The van der Waals surface area contributed by atoms with E-state index < -0.39 is 21.3 Å². The first-order valence-corrected chi connectivity index (χ1v) is 8.16. The van der Waals surface area contributed by atoms with E-state index in [2.05, 4.69) is 10.6 Å². The minimum atomic E-state index is -4.45. The van der Waals surface area contributed by atoms with Gasteiger partial charge in [0, 0.05) is 18.7 Å². The van der Waals surface area contributed by atoms with Gasteiger partial charge < -0.3 is 10.6 Å². The molecule has 0 heterocycles. The predicted molar refractivity (Wildman–Crippen MR) is 83.2 cm³/mol. The third kappa shape index (κ3) is 6.67. The summed E-state index contributed by atoms with van der Waals surface area (Å²) < 4.78 is 46.7. The van der Waals surface area contributed by atoms with Crippen LogP contribution in [0.15, 0.2) is 24.3 Å². The Morgan fingerprint density at radius 1 is 1.18 bits per heavy atom. The quantitative estimate of drug-likeness (QED) is 0.693. The molecule has 5 nitrogen and oxygen atoms in total. The number of sulfone groups is 1. The summed E-state index contributed by atoms with van der Waals surface area (Å²) in [5.41, 5.74) is 0.573. The maximum atomic E-state index is 12.2. The molecule has 0 spiro atoms. The molecule has 9 heteroatoms. The summed E-state index contributed by atoms with van der Waals surface area (Å²) in [5, 5.41) is 5.73. The fourth-order valence-corrected chi connectivity index (χ4v) is 2.37. The summed E-state index contributed by atoms with van der Waals surface area (Å²) in [6.07, 6.45) is 0. The molecule has 22 heavy (non-hydrogen) atoms. The number of carbonyl (C=O) groups is 1. The van der Waals surface area contributed by atoms with Crippen molar-refractivity contribution in [2.75, 3.05) is 19.6 Å². The van der Waals surface area contributed by atoms with Gasteiger partial charge in [-0.1, -0.05) is 19.1 Å². The van der Waals surface area contributed by atoms with Crippen LogP contribution in [0.5, 0.6) is 0 Å². The van der Waals surface area contributed by atoms with Crippen LogP contribution in [0.2, 0.25) is 0 Å². The van der Waals surface area contributed by atoms with Gasteiger partial charge in [-0.15, -0.1) is 12.4 Å². The predicted octanol–water partition coefficient (Wildman–Crippen LogP) is 1.59. The third-order valence-corrected chi connectivity index (χ3v) is 3.97. The van der Waals surface area contributed by atoms with Crippen molar-refractivity contribution in [1.82, 2.24) is 10.6 Å². The molecule has 1 amide bonds. The minimum absolute atomic E-state index is 0. The zero-order chi connectivity index (χ0) is 15.9. The van der Waals surface area contributed by atoms with Crippen molar-refractivity contribution in [2.24, 2.45) is 0 Å². The van der Waals surface area contributed by atoms with Gasteiger partial charge in [0.05, 0.1) is 5.75 Å². The Labute approximate surface area is 134 Å². The molecule has 126 valence electrons. The minimum Gasteiger partial charge on any atom is -0.351 e. The molecule has 0 aliphatic heterocycles. The van der Waals surface area contributed by atoms with Gasteiger partial charge in [0.25, 0.3) is 5.91 Å². The maximum Gasteiger partial charge on any atom is 0.337 e. The van der Waals surface area contributed by atoms with Crippen molar-refractivity contribution in [3.05, 3.63) is 35.4 Å². The topological polar surface area (TPSA) is 75.3 Å². The van der Waals surface area contributed by atoms with Gasteiger partial charge in [0.2, 0.25) is 9.84 Å². The lowest BCUT2D eigenvalue weighted by atomic mass is 10.1. The molecule has 0 aliphatic carbocycles. The van der Waals surface area contributed by atoms with Gasteiger partial charge >= 0.3 is 5.76 Å². The van der Waals surface area contributed by atoms with Gasteiger partial charge in [-0.2, -0.15) is 8.78 Å². The molecular weight excluding hydrogens is 338 g/mol. The summed E-state index contributed by atoms with van der Waals surface area (Å²) in [6, 6.07) is 5.55. The molecular formula is C13H19ClF2N2O3S. The maximum absolute atomic E-state index is 12.2. The number of alkyl halides is 2. The highest BCUT2D eigenvalue weighted by Gasteiger charge is 2.24.